The zero-order valence-corrected chi connectivity index (χ0v) is 15.9. The van der Waals surface area contributed by atoms with Crippen LogP contribution in [0, 0.1) is 0 Å². The van der Waals surface area contributed by atoms with Crippen LogP contribution in [0.25, 0.3) is 0 Å². The van der Waals surface area contributed by atoms with Gasteiger partial charge >= 0.3 is 0 Å². The van der Waals surface area contributed by atoms with Crippen LogP contribution in [0.1, 0.15) is 30.4 Å². The molecule has 0 spiro atoms. The van der Waals surface area contributed by atoms with E-state index in [0.717, 1.165) is 24.5 Å². The minimum absolute atomic E-state index is 0.0423. The minimum atomic E-state index is -3.57. The van der Waals surface area contributed by atoms with Crippen LogP contribution in [0.3, 0.4) is 0 Å². The van der Waals surface area contributed by atoms with Gasteiger partial charge in [0.15, 0.2) is 5.03 Å². The van der Waals surface area contributed by atoms with Crippen LogP contribution in [-0.2, 0) is 30.7 Å². The molecule has 2 aromatic heterocycles. The third-order valence-corrected chi connectivity index (χ3v) is 6.24. The Balaban J connectivity index is 1.81. The van der Waals surface area contributed by atoms with Crippen LogP contribution < -0.4 is 0 Å². The van der Waals surface area contributed by atoms with Crippen LogP contribution >= 0.6 is 0 Å². The molecular weight excluding hydrogens is 342 g/mol. The second-order valence-electron chi connectivity index (χ2n) is 6.85. The summed E-state index contributed by atoms with van der Waals surface area (Å²) in [7, 11) is 4.10. The van der Waals surface area contributed by atoms with Gasteiger partial charge in [-0.05, 0) is 26.9 Å². The summed E-state index contributed by atoms with van der Waals surface area (Å²) in [5.74, 6) is 1.77. The molecule has 10 heteroatoms. The van der Waals surface area contributed by atoms with E-state index in [2.05, 4.69) is 15.2 Å². The summed E-state index contributed by atoms with van der Waals surface area (Å²) in [5.41, 5.74) is 0. The van der Waals surface area contributed by atoms with Gasteiger partial charge in [-0.3, -0.25) is 0 Å². The zero-order valence-electron chi connectivity index (χ0n) is 15.1. The Labute approximate surface area is 148 Å². The molecule has 0 N–H and O–H groups in total. The molecule has 1 fully saturated rings. The molecule has 0 radical (unpaired) electrons. The van der Waals surface area contributed by atoms with Gasteiger partial charge in [-0.2, -0.15) is 4.31 Å². The van der Waals surface area contributed by atoms with Gasteiger partial charge in [-0.15, -0.1) is 10.2 Å². The van der Waals surface area contributed by atoms with E-state index in [-0.39, 0.29) is 10.9 Å². The number of piperidine rings is 1. The van der Waals surface area contributed by atoms with Crippen molar-refractivity contribution in [3.8, 4) is 0 Å². The summed E-state index contributed by atoms with van der Waals surface area (Å²) in [6.07, 6.45) is 4.75. The van der Waals surface area contributed by atoms with E-state index >= 15 is 0 Å². The molecule has 0 bridgehead atoms. The molecule has 0 amide bonds. The summed E-state index contributed by atoms with van der Waals surface area (Å²) in [5, 5.41) is 8.70. The average Bonchev–Trinajstić information content (AvgIpc) is 3.14. The molecule has 1 aliphatic heterocycles. The number of hydrogen-bond donors (Lipinski definition) is 0. The quantitative estimate of drug-likeness (QED) is 0.749. The Morgan fingerprint density at radius 1 is 1.28 bits per heavy atom. The topological polar surface area (TPSA) is 89.2 Å². The van der Waals surface area contributed by atoms with Crippen molar-refractivity contribution < 1.29 is 8.42 Å². The smallest absolute Gasteiger partial charge is 0.262 e. The van der Waals surface area contributed by atoms with Crippen molar-refractivity contribution in [2.24, 2.45) is 14.1 Å². The summed E-state index contributed by atoms with van der Waals surface area (Å²) >= 11 is 0. The van der Waals surface area contributed by atoms with Crippen LogP contribution in [0.15, 0.2) is 17.6 Å². The molecule has 1 aliphatic rings. The summed E-state index contributed by atoms with van der Waals surface area (Å²) in [4.78, 5) is 6.04. The molecule has 0 aliphatic carbocycles. The van der Waals surface area contributed by atoms with Crippen molar-refractivity contribution in [1.29, 1.82) is 0 Å². The first kappa shape index (κ1) is 18.0. The summed E-state index contributed by atoms with van der Waals surface area (Å²) in [6.45, 7) is 1.62. The van der Waals surface area contributed by atoms with E-state index in [0.29, 0.717) is 19.6 Å². The highest BCUT2D eigenvalue weighted by atomic mass is 32.2. The zero-order chi connectivity index (χ0) is 18.2. The standard InChI is InChI=1S/C15H25N7O2S/c1-19(2)9-13-17-18-15(21(13)4)12-6-5-7-22(8-12)25(23,24)14-10-20(3)11-16-14/h10-12H,5-9H2,1-4H3. The fourth-order valence-electron chi connectivity index (χ4n) is 3.18. The van der Waals surface area contributed by atoms with Crippen molar-refractivity contribution >= 4 is 10.0 Å². The molecule has 3 rings (SSSR count). The van der Waals surface area contributed by atoms with Gasteiger partial charge in [0.1, 0.15) is 11.6 Å². The van der Waals surface area contributed by atoms with Crippen LogP contribution in [0.2, 0.25) is 0 Å². The van der Waals surface area contributed by atoms with Gasteiger partial charge < -0.3 is 14.0 Å². The number of aryl methyl sites for hydroxylation is 1. The molecule has 0 saturated carbocycles. The number of aromatic nitrogens is 5. The van der Waals surface area contributed by atoms with Gasteiger partial charge in [0.05, 0.1) is 12.9 Å². The van der Waals surface area contributed by atoms with E-state index < -0.39 is 10.0 Å². The van der Waals surface area contributed by atoms with Crippen molar-refractivity contribution in [2.45, 2.75) is 30.3 Å². The Bertz CT molecular complexity index is 840. The first-order chi connectivity index (χ1) is 11.8. The maximum Gasteiger partial charge on any atom is 0.262 e. The van der Waals surface area contributed by atoms with E-state index in [1.807, 2.05) is 30.6 Å². The van der Waals surface area contributed by atoms with Crippen molar-refractivity contribution in [1.82, 2.24) is 33.5 Å². The normalized spacial score (nSPS) is 19.6. The lowest BCUT2D eigenvalue weighted by Gasteiger charge is -2.30. The number of imidazole rings is 1. The van der Waals surface area contributed by atoms with Crippen molar-refractivity contribution in [2.75, 3.05) is 27.2 Å². The maximum absolute atomic E-state index is 12.8. The maximum atomic E-state index is 12.8. The SMILES string of the molecule is CN(C)Cc1nnc(C2CCCN(S(=O)(=O)c3cn(C)cn3)C2)n1C. The molecule has 25 heavy (non-hydrogen) atoms. The highest BCUT2D eigenvalue weighted by Gasteiger charge is 2.34. The highest BCUT2D eigenvalue weighted by molar-refractivity contribution is 7.89. The first-order valence-corrected chi connectivity index (χ1v) is 9.74. The predicted molar refractivity (Wildman–Crippen MR) is 92.3 cm³/mol. The molecule has 138 valence electrons. The molecule has 1 unspecified atom stereocenters. The predicted octanol–water partition coefficient (Wildman–Crippen LogP) is 0.179. The third-order valence-electron chi connectivity index (χ3n) is 4.49. The van der Waals surface area contributed by atoms with Gasteiger partial charge in [-0.25, -0.2) is 13.4 Å². The van der Waals surface area contributed by atoms with Crippen LogP contribution in [0.5, 0.6) is 0 Å². The number of hydrogen-bond acceptors (Lipinski definition) is 6. The molecule has 1 saturated heterocycles. The van der Waals surface area contributed by atoms with Gasteiger partial charge in [-0.1, -0.05) is 0 Å². The van der Waals surface area contributed by atoms with Gasteiger partial charge in [0.2, 0.25) is 0 Å². The number of rotatable bonds is 5. The Hall–Kier alpha value is -1.78. The molecule has 9 nitrogen and oxygen atoms in total. The lowest BCUT2D eigenvalue weighted by molar-refractivity contribution is 0.304. The second-order valence-corrected chi connectivity index (χ2v) is 8.74. The molecule has 0 aromatic carbocycles. The highest BCUT2D eigenvalue weighted by Crippen LogP contribution is 2.29. The lowest BCUT2D eigenvalue weighted by atomic mass is 9.99. The summed E-state index contributed by atoms with van der Waals surface area (Å²) in [6, 6.07) is 0. The fourth-order valence-corrected chi connectivity index (χ4v) is 4.67. The lowest BCUT2D eigenvalue weighted by Crippen LogP contribution is -2.39. The summed E-state index contributed by atoms with van der Waals surface area (Å²) < 4.78 is 30.8. The molecule has 2 aromatic rings. The Kier molecular flexibility index (Phi) is 4.94. The Morgan fingerprint density at radius 3 is 2.68 bits per heavy atom. The third kappa shape index (κ3) is 3.60. The average molecular weight is 367 g/mol. The Morgan fingerprint density at radius 2 is 2.04 bits per heavy atom. The van der Waals surface area contributed by atoms with Gasteiger partial charge in [0, 0.05) is 39.3 Å². The second kappa shape index (κ2) is 6.85. The van der Waals surface area contributed by atoms with E-state index in [1.54, 1.807) is 11.6 Å². The number of nitrogens with zero attached hydrogens (tertiary/aromatic N) is 7. The number of sulfonamides is 1. The molecular formula is C15H25N7O2S. The molecule has 3 heterocycles. The van der Waals surface area contributed by atoms with Gasteiger partial charge in [0.25, 0.3) is 10.0 Å². The van der Waals surface area contributed by atoms with E-state index in [1.165, 1.54) is 16.8 Å². The van der Waals surface area contributed by atoms with E-state index in [4.69, 9.17) is 0 Å². The monoisotopic (exact) mass is 367 g/mol. The van der Waals surface area contributed by atoms with Crippen molar-refractivity contribution in [3.63, 3.8) is 0 Å². The van der Waals surface area contributed by atoms with E-state index in [9.17, 15) is 8.42 Å². The van der Waals surface area contributed by atoms with Crippen molar-refractivity contribution in [3.05, 3.63) is 24.2 Å². The van der Waals surface area contributed by atoms with Crippen LogP contribution in [-0.4, -0.2) is 69.1 Å². The van der Waals surface area contributed by atoms with Crippen LogP contribution in [0.4, 0.5) is 0 Å². The fraction of sp³-hybridized carbons (Fsp3) is 0.667. The minimum Gasteiger partial charge on any atom is -0.339 e. The largest absolute Gasteiger partial charge is 0.339 e. The first-order valence-electron chi connectivity index (χ1n) is 8.30. The molecule has 1 atom stereocenters.